The molecule has 0 aliphatic heterocycles. The maximum Gasteiger partial charge on any atom is 0.357 e. The van der Waals surface area contributed by atoms with E-state index in [4.69, 9.17) is 4.74 Å². The van der Waals surface area contributed by atoms with Gasteiger partial charge in [-0.05, 0) is 37.0 Å². The van der Waals surface area contributed by atoms with Gasteiger partial charge in [-0.3, -0.25) is 0 Å². The van der Waals surface area contributed by atoms with Gasteiger partial charge in [0.15, 0.2) is 5.69 Å². The summed E-state index contributed by atoms with van der Waals surface area (Å²) in [7, 11) is 0. The van der Waals surface area contributed by atoms with Crippen molar-refractivity contribution in [1.82, 2.24) is 9.88 Å². The van der Waals surface area contributed by atoms with Gasteiger partial charge in [-0.1, -0.05) is 45.7 Å². The van der Waals surface area contributed by atoms with Gasteiger partial charge in [0.1, 0.15) is 5.01 Å². The third-order valence-corrected chi connectivity index (χ3v) is 5.34. The van der Waals surface area contributed by atoms with Crippen molar-refractivity contribution >= 4 is 29.0 Å². The van der Waals surface area contributed by atoms with Crippen LogP contribution < -0.4 is 5.32 Å². The van der Waals surface area contributed by atoms with Gasteiger partial charge in [-0.15, -0.1) is 11.3 Å². The van der Waals surface area contributed by atoms with Crippen LogP contribution in [0.2, 0.25) is 0 Å². The predicted molar refractivity (Wildman–Crippen MR) is 118 cm³/mol. The highest BCUT2D eigenvalue weighted by Gasteiger charge is 2.18. The van der Waals surface area contributed by atoms with Crippen molar-refractivity contribution in [3.05, 3.63) is 45.9 Å². The van der Waals surface area contributed by atoms with Crippen LogP contribution in [0.25, 0.3) is 0 Å². The quantitative estimate of drug-likeness (QED) is 0.399. The Morgan fingerprint density at radius 1 is 1.17 bits per heavy atom. The fourth-order valence-electron chi connectivity index (χ4n) is 2.80. The van der Waals surface area contributed by atoms with E-state index in [1.165, 1.54) is 16.9 Å². The largest absolute Gasteiger partial charge is 0.461 e. The second kappa shape index (κ2) is 11.6. The van der Waals surface area contributed by atoms with Crippen LogP contribution in [0.3, 0.4) is 0 Å². The SMILES string of the molecule is CCCCCN(Cc1nc(C(=O)OCC)cs1)C(=O)Nc1ccc(C(C)C)cc1. The van der Waals surface area contributed by atoms with E-state index in [0.717, 1.165) is 30.0 Å². The number of unbranched alkanes of at least 4 members (excludes halogenated alkanes) is 2. The van der Waals surface area contributed by atoms with Gasteiger partial charge in [0.05, 0.1) is 13.2 Å². The number of benzene rings is 1. The number of urea groups is 1. The first-order valence-corrected chi connectivity index (χ1v) is 11.1. The summed E-state index contributed by atoms with van der Waals surface area (Å²) in [6.07, 6.45) is 3.06. The number of rotatable bonds is 10. The third-order valence-electron chi connectivity index (χ3n) is 4.51. The van der Waals surface area contributed by atoms with E-state index < -0.39 is 5.97 Å². The van der Waals surface area contributed by atoms with Crippen molar-refractivity contribution in [2.24, 2.45) is 0 Å². The van der Waals surface area contributed by atoms with Crippen molar-refractivity contribution < 1.29 is 14.3 Å². The summed E-state index contributed by atoms with van der Waals surface area (Å²) in [5.41, 5.74) is 2.30. The smallest absolute Gasteiger partial charge is 0.357 e. The molecule has 0 radical (unpaired) electrons. The molecule has 2 amide bonds. The highest BCUT2D eigenvalue weighted by Crippen LogP contribution is 2.19. The summed E-state index contributed by atoms with van der Waals surface area (Å²) < 4.78 is 4.99. The average molecular weight is 418 g/mol. The van der Waals surface area contributed by atoms with Crippen LogP contribution in [0.1, 0.15) is 73.9 Å². The molecule has 2 aromatic rings. The number of hydrogen-bond acceptors (Lipinski definition) is 5. The second-order valence-electron chi connectivity index (χ2n) is 7.18. The molecule has 2 rings (SSSR count). The summed E-state index contributed by atoms with van der Waals surface area (Å²) >= 11 is 1.37. The number of nitrogens with one attached hydrogen (secondary N) is 1. The first kappa shape index (κ1) is 22.9. The highest BCUT2D eigenvalue weighted by atomic mass is 32.1. The maximum absolute atomic E-state index is 12.9. The number of esters is 1. The van der Waals surface area contributed by atoms with E-state index in [2.05, 4.69) is 31.1 Å². The summed E-state index contributed by atoms with van der Waals surface area (Å²) in [5.74, 6) is 0.0195. The number of nitrogens with zero attached hydrogens (tertiary/aromatic N) is 2. The first-order valence-electron chi connectivity index (χ1n) is 10.2. The van der Waals surface area contributed by atoms with Crippen LogP contribution in [-0.2, 0) is 11.3 Å². The molecule has 0 atom stereocenters. The Morgan fingerprint density at radius 2 is 1.90 bits per heavy atom. The van der Waals surface area contributed by atoms with Gasteiger partial charge in [0, 0.05) is 17.6 Å². The molecule has 0 fully saturated rings. The van der Waals surface area contributed by atoms with E-state index in [9.17, 15) is 9.59 Å². The lowest BCUT2D eigenvalue weighted by atomic mass is 10.0. The van der Waals surface area contributed by atoms with Gasteiger partial charge in [0.2, 0.25) is 0 Å². The molecule has 0 aliphatic carbocycles. The van der Waals surface area contributed by atoms with Crippen molar-refractivity contribution in [3.8, 4) is 0 Å². The molecule has 0 saturated carbocycles. The van der Waals surface area contributed by atoms with E-state index >= 15 is 0 Å². The summed E-state index contributed by atoms with van der Waals surface area (Å²) in [5, 5.41) is 5.38. The number of amides is 2. The van der Waals surface area contributed by atoms with E-state index in [-0.39, 0.29) is 6.03 Å². The lowest BCUT2D eigenvalue weighted by Crippen LogP contribution is -2.35. The number of carbonyl (C=O) groups excluding carboxylic acids is 2. The molecule has 1 aromatic carbocycles. The molecule has 1 N–H and O–H groups in total. The van der Waals surface area contributed by atoms with Crippen molar-refractivity contribution in [1.29, 1.82) is 0 Å². The zero-order chi connectivity index (χ0) is 21.2. The lowest BCUT2D eigenvalue weighted by Gasteiger charge is -2.22. The molecule has 6 nitrogen and oxygen atoms in total. The van der Waals surface area contributed by atoms with E-state index in [0.29, 0.717) is 31.3 Å². The van der Waals surface area contributed by atoms with Crippen LogP contribution in [0.4, 0.5) is 10.5 Å². The zero-order valence-corrected chi connectivity index (χ0v) is 18.6. The van der Waals surface area contributed by atoms with Gasteiger partial charge in [-0.2, -0.15) is 0 Å². The maximum atomic E-state index is 12.9. The molecule has 1 aromatic heterocycles. The molecule has 7 heteroatoms. The zero-order valence-electron chi connectivity index (χ0n) is 17.7. The Morgan fingerprint density at radius 3 is 2.52 bits per heavy atom. The van der Waals surface area contributed by atoms with Gasteiger partial charge in [0.25, 0.3) is 0 Å². The molecule has 0 unspecified atom stereocenters. The number of hydrogen-bond donors (Lipinski definition) is 1. The minimum Gasteiger partial charge on any atom is -0.461 e. The minimum absolute atomic E-state index is 0.161. The summed E-state index contributed by atoms with van der Waals surface area (Å²) in [6.45, 7) is 9.49. The normalized spacial score (nSPS) is 10.8. The molecule has 158 valence electrons. The molecule has 1 heterocycles. The van der Waals surface area contributed by atoms with Crippen LogP contribution in [-0.4, -0.2) is 35.0 Å². The Kier molecular flexibility index (Phi) is 9.12. The predicted octanol–water partition coefficient (Wildman–Crippen LogP) is 5.67. The number of aromatic nitrogens is 1. The minimum atomic E-state index is -0.428. The molecular weight excluding hydrogens is 386 g/mol. The Bertz CT molecular complexity index is 787. The topological polar surface area (TPSA) is 71.5 Å². The monoisotopic (exact) mass is 417 g/mol. The van der Waals surface area contributed by atoms with E-state index in [1.807, 2.05) is 24.3 Å². The van der Waals surface area contributed by atoms with Crippen molar-refractivity contribution in [2.75, 3.05) is 18.5 Å². The first-order chi connectivity index (χ1) is 13.9. The van der Waals surface area contributed by atoms with Crippen LogP contribution in [0, 0.1) is 0 Å². The lowest BCUT2D eigenvalue weighted by molar-refractivity contribution is 0.0520. The molecular formula is C22H31N3O3S. The highest BCUT2D eigenvalue weighted by molar-refractivity contribution is 7.09. The van der Waals surface area contributed by atoms with Gasteiger partial charge < -0.3 is 15.0 Å². The molecule has 29 heavy (non-hydrogen) atoms. The van der Waals surface area contributed by atoms with Crippen LogP contribution >= 0.6 is 11.3 Å². The molecule has 0 bridgehead atoms. The molecule has 0 spiro atoms. The van der Waals surface area contributed by atoms with Crippen LogP contribution in [0.5, 0.6) is 0 Å². The standard InChI is InChI=1S/C22H31N3O3S/c1-5-7-8-13-25(14-20-24-19(15-29-20)21(26)28-6-2)22(27)23-18-11-9-17(10-12-18)16(3)4/h9-12,15-16H,5-8,13-14H2,1-4H3,(H,23,27). The Labute approximate surface area is 177 Å². The number of anilines is 1. The number of ether oxygens (including phenoxy) is 1. The van der Waals surface area contributed by atoms with Gasteiger partial charge in [-0.25, -0.2) is 14.6 Å². The fourth-order valence-corrected chi connectivity index (χ4v) is 3.58. The Balaban J connectivity index is 2.06. The average Bonchev–Trinajstić information content (AvgIpc) is 3.16. The molecule has 0 saturated heterocycles. The van der Waals surface area contributed by atoms with Crippen molar-refractivity contribution in [2.45, 2.75) is 59.4 Å². The van der Waals surface area contributed by atoms with E-state index in [1.54, 1.807) is 17.2 Å². The van der Waals surface area contributed by atoms with Crippen molar-refractivity contribution in [3.63, 3.8) is 0 Å². The number of thiazole rings is 1. The summed E-state index contributed by atoms with van der Waals surface area (Å²) in [4.78, 5) is 30.8. The Hall–Kier alpha value is -2.41. The number of carbonyl (C=O) groups is 2. The van der Waals surface area contributed by atoms with Crippen LogP contribution in [0.15, 0.2) is 29.6 Å². The third kappa shape index (κ3) is 7.16. The molecule has 0 aliphatic rings. The summed E-state index contributed by atoms with van der Waals surface area (Å²) in [6, 6.07) is 7.77. The van der Waals surface area contributed by atoms with Gasteiger partial charge >= 0.3 is 12.0 Å². The second-order valence-corrected chi connectivity index (χ2v) is 8.13. The fraction of sp³-hybridized carbons (Fsp3) is 0.500.